The van der Waals surface area contributed by atoms with E-state index in [1.165, 1.54) is 24.3 Å². The molecular weight excluding hydrogens is 1400 g/mol. The van der Waals surface area contributed by atoms with Crippen molar-refractivity contribution in [3.8, 4) is 28.7 Å². The van der Waals surface area contributed by atoms with E-state index in [0.29, 0.717) is 82.7 Å². The number of nitrogens with two attached hydrogens (primary N) is 2. The number of phenols is 1. The first-order valence-electron chi connectivity index (χ1n) is 30.1. The van der Waals surface area contributed by atoms with Crippen molar-refractivity contribution in [2.24, 2.45) is 21.5 Å². The number of carboxylic acids is 2. The van der Waals surface area contributed by atoms with Gasteiger partial charge >= 0.3 is 11.9 Å². The molecule has 0 radical (unpaired) electrons. The monoisotopic (exact) mass is 1470 g/mol. The van der Waals surface area contributed by atoms with Crippen molar-refractivity contribution < 1.29 is 104 Å². The maximum Gasteiger partial charge on any atom is 0.321 e. The first kappa shape index (κ1) is 79.2. The molecule has 0 aliphatic carbocycles. The second-order valence-corrected chi connectivity index (χ2v) is 30.9. The van der Waals surface area contributed by atoms with Gasteiger partial charge in [-0.2, -0.15) is 9.44 Å². The first-order valence-corrected chi connectivity index (χ1v) is 36.0. The lowest BCUT2D eigenvalue weighted by molar-refractivity contribution is -0.140. The molecule has 35 heteroatoms. The highest BCUT2D eigenvalue weighted by Crippen LogP contribution is 2.44. The fourth-order valence-electron chi connectivity index (χ4n) is 10.4. The number of fused-ring (bicyclic) bond motifs is 2. The summed E-state index contributed by atoms with van der Waals surface area (Å²) >= 11 is 0. The van der Waals surface area contributed by atoms with Crippen molar-refractivity contribution in [3.05, 3.63) is 158 Å². The summed E-state index contributed by atoms with van der Waals surface area (Å²) in [6, 6.07) is 7.07. The molecule has 0 unspecified atom stereocenters. The van der Waals surface area contributed by atoms with Crippen LogP contribution in [-0.4, -0.2) is 109 Å². The quantitative estimate of drug-likeness (QED) is 0.0100. The van der Waals surface area contributed by atoms with E-state index in [0.717, 1.165) is 35.4 Å². The number of aliphatic imine (C=N–C) groups is 2. The van der Waals surface area contributed by atoms with Crippen LogP contribution < -0.4 is 44.6 Å². The fourth-order valence-corrected chi connectivity index (χ4v) is 16.0. The van der Waals surface area contributed by atoms with E-state index < -0.39 is 132 Å². The summed E-state index contributed by atoms with van der Waals surface area (Å²) in [6.45, 7) is 17.8. The summed E-state index contributed by atoms with van der Waals surface area (Å²) in [6.07, 6.45) is 1.82. The van der Waals surface area contributed by atoms with Gasteiger partial charge < -0.3 is 41.0 Å². The number of carboxylic acid groups (broad SMARTS) is 2. The molecular formula is C64H75F7N8O16S4. The molecule has 2 atom stereocenters. The summed E-state index contributed by atoms with van der Waals surface area (Å²) < 4.78 is 224. The molecule has 2 aliphatic heterocycles. The van der Waals surface area contributed by atoms with Crippen LogP contribution in [-0.2, 0) is 62.5 Å². The van der Waals surface area contributed by atoms with Gasteiger partial charge in [0, 0.05) is 13.1 Å². The van der Waals surface area contributed by atoms with Crippen LogP contribution in [0.5, 0.6) is 28.7 Å². The molecule has 0 spiro atoms. The number of benzene rings is 6. The van der Waals surface area contributed by atoms with Crippen LogP contribution in [0.4, 0.5) is 30.7 Å². The van der Waals surface area contributed by atoms with E-state index in [-0.39, 0.29) is 83.6 Å². The molecule has 24 nitrogen and oxygen atoms in total. The number of sulfonamides is 4. The van der Waals surface area contributed by atoms with E-state index in [1.54, 1.807) is 46.3 Å². The number of hydrogen-bond donors (Lipinski definition) is 9. The Morgan fingerprint density at radius 2 is 0.879 bits per heavy atom. The van der Waals surface area contributed by atoms with E-state index in [9.17, 15) is 84.2 Å². The van der Waals surface area contributed by atoms with Gasteiger partial charge in [-0.25, -0.2) is 73.8 Å². The molecule has 0 bridgehead atoms. The van der Waals surface area contributed by atoms with Crippen LogP contribution in [0.25, 0.3) is 0 Å². The van der Waals surface area contributed by atoms with Gasteiger partial charge in [-0.1, -0.05) is 0 Å². The molecule has 8 rings (SSSR count). The van der Waals surface area contributed by atoms with Crippen LogP contribution in [0.3, 0.4) is 0 Å². The Hall–Kier alpha value is -8.77. The van der Waals surface area contributed by atoms with Gasteiger partial charge in [-0.05, 0) is 238 Å². The van der Waals surface area contributed by atoms with Crippen molar-refractivity contribution in [3.63, 3.8) is 0 Å². The summed E-state index contributed by atoms with van der Waals surface area (Å²) in [5.74, 6) is -12.9. The number of phenolic OH excluding ortho intramolecular Hbond substituents is 1. The van der Waals surface area contributed by atoms with Crippen LogP contribution >= 0.6 is 0 Å². The predicted octanol–water partition coefficient (Wildman–Crippen LogP) is 9.20. The number of carbonyl (C=O) groups is 2. The molecule has 6 aromatic rings. The third-order valence-corrected chi connectivity index (χ3v) is 22.0. The molecule has 0 amide bonds. The highest BCUT2D eigenvalue weighted by molar-refractivity contribution is 7.90. The topological polar surface area (TPSA) is 384 Å². The molecule has 0 aromatic heterocycles. The molecule has 2 aliphatic rings. The summed E-state index contributed by atoms with van der Waals surface area (Å²) in [4.78, 5) is 29.5. The molecule has 0 saturated heterocycles. The van der Waals surface area contributed by atoms with Crippen molar-refractivity contribution in [1.82, 2.24) is 18.9 Å². The lowest BCUT2D eigenvalue weighted by Crippen LogP contribution is -2.41. The Morgan fingerprint density at radius 1 is 0.535 bits per heavy atom. The number of ether oxygens (including phenoxy) is 3. The van der Waals surface area contributed by atoms with E-state index in [2.05, 4.69) is 19.4 Å². The Morgan fingerprint density at radius 3 is 1.22 bits per heavy atom. The summed E-state index contributed by atoms with van der Waals surface area (Å²) in [7, 11) is -17.9. The van der Waals surface area contributed by atoms with Gasteiger partial charge in [0.25, 0.3) is 20.0 Å². The Bertz CT molecular complexity index is 4540. The fraction of sp³-hybridized carbons (Fsp3) is 0.375. The van der Waals surface area contributed by atoms with Crippen molar-refractivity contribution >= 4 is 64.0 Å². The number of guanidine groups is 2. The maximum absolute atomic E-state index is 14.7. The lowest BCUT2D eigenvalue weighted by atomic mass is 9.88. The van der Waals surface area contributed by atoms with Gasteiger partial charge in [0.05, 0.1) is 19.6 Å². The number of rotatable bonds is 22. The minimum Gasteiger partial charge on any atom is -0.508 e. The zero-order valence-corrected chi connectivity index (χ0v) is 58.4. The average molecular weight is 1470 g/mol. The zero-order chi connectivity index (χ0) is 74.2. The maximum atomic E-state index is 14.7. The van der Waals surface area contributed by atoms with Crippen LogP contribution in [0.15, 0.2) is 102 Å². The predicted molar refractivity (Wildman–Crippen MR) is 350 cm³/mol. The summed E-state index contributed by atoms with van der Waals surface area (Å²) in [5.41, 5.74) is 15.9. The number of halogens is 7. The Balaban J connectivity index is 0.000000282. The van der Waals surface area contributed by atoms with Crippen LogP contribution in [0, 0.1) is 82.3 Å². The summed E-state index contributed by atoms with van der Waals surface area (Å²) in [5, 5.41) is 27.6. The van der Waals surface area contributed by atoms with E-state index in [4.69, 9.17) is 30.8 Å². The van der Waals surface area contributed by atoms with Gasteiger partial charge in [0.2, 0.25) is 32.0 Å². The highest BCUT2D eigenvalue weighted by Gasteiger charge is 2.37. The van der Waals surface area contributed by atoms with Gasteiger partial charge in [-0.15, -0.1) is 0 Å². The SMILES string of the molecule is Cc1c(C)c(S(=O)(=O)NC(N)=NCCC[C@@H](NS(=O)(=O)c2cc(F)c(F)c(F)c2)C(=O)O)c(C)c2c1OC(C)(C)CC2.Cc1c(C)c(S(=O)(=O)NC(N)=NCCC[C@@H](NS(=O)(=O)c2cc(F)c(Oc3ccc(F)cc3)c(F)c2)C(=O)O)c(C)c2c1OC(C)(C)CC2.Oc1ccc(F)cc1. The normalized spacial score (nSPS) is 15.0. The Kier molecular flexibility index (Phi) is 25.3. The number of aromatic hydroxyl groups is 1. The van der Waals surface area contributed by atoms with E-state index in [1.807, 2.05) is 32.4 Å². The van der Waals surface area contributed by atoms with Crippen molar-refractivity contribution in [2.45, 2.75) is 163 Å². The number of aliphatic carboxylic acids is 2. The number of hydrogen-bond acceptors (Lipinski definition) is 16. The third-order valence-electron chi connectivity index (χ3n) is 15.8. The van der Waals surface area contributed by atoms with Gasteiger partial charge in [-0.3, -0.25) is 19.6 Å². The second-order valence-electron chi connectivity index (χ2n) is 24.3. The van der Waals surface area contributed by atoms with Gasteiger partial charge in [0.1, 0.15) is 57.9 Å². The number of nitrogens with zero attached hydrogens (tertiary/aromatic N) is 2. The standard InChI is InChI=1S/C32H37F3N4O8S2.C26H33F3N4O7S2.C6H5FO/c1-17-18(2)29(19(3)23-12-13-32(4,5)47-27(17)23)49(44,45)39-31(36)37-14-6-7-26(30(40)41)38-48(42,43)22-15-24(34)28(25(35)16-22)46-21-10-8-20(33)9-11-21;1-13-14(2)23(15(3)17-8-9-26(4,5)40-22(13)17)42(38,39)33-25(30)31-10-6-7-20(24(34)35)32-41(36,37)16-11-18(27)21(29)19(28)12-16;7-5-1-3-6(8)4-2-5/h8-11,15-16,26,38H,6-7,12-14H2,1-5H3,(H,40,41)(H3,36,37,39);11-12,20,32H,6-10H2,1-5H3,(H,34,35)(H3,30,31,33);1-4,8H/t26-;20-;/m11./s1. The third kappa shape index (κ3) is 20.2. The van der Waals surface area contributed by atoms with E-state index >= 15 is 0 Å². The molecule has 99 heavy (non-hydrogen) atoms. The van der Waals surface area contributed by atoms with Crippen LogP contribution in [0.2, 0.25) is 0 Å². The van der Waals surface area contributed by atoms with Crippen molar-refractivity contribution in [1.29, 1.82) is 0 Å². The molecule has 6 aromatic carbocycles. The molecule has 2 heterocycles. The van der Waals surface area contributed by atoms with Crippen LogP contribution in [0.1, 0.15) is 111 Å². The minimum atomic E-state index is -4.75. The Labute approximate surface area is 568 Å². The minimum absolute atomic E-state index is 0.0495. The first-order chi connectivity index (χ1) is 45.8. The smallest absolute Gasteiger partial charge is 0.321 e. The molecule has 0 saturated carbocycles. The lowest BCUT2D eigenvalue weighted by Gasteiger charge is -2.35. The average Bonchev–Trinajstić information content (AvgIpc) is 0.755. The van der Waals surface area contributed by atoms with Gasteiger partial charge in [0.15, 0.2) is 34.8 Å². The molecule has 540 valence electrons. The zero-order valence-electron chi connectivity index (χ0n) is 55.1. The highest BCUT2D eigenvalue weighted by atomic mass is 32.2. The molecule has 0 fully saturated rings. The molecule has 11 N–H and O–H groups in total. The largest absolute Gasteiger partial charge is 0.508 e. The van der Waals surface area contributed by atoms with Crippen molar-refractivity contribution in [2.75, 3.05) is 13.1 Å². The number of nitrogens with one attached hydrogen (secondary N) is 4. The second kappa shape index (κ2) is 31.6.